The van der Waals surface area contributed by atoms with E-state index in [2.05, 4.69) is 34.6 Å². The summed E-state index contributed by atoms with van der Waals surface area (Å²) in [6, 6.07) is 2.67. The maximum atomic E-state index is 14.4. The lowest BCUT2D eigenvalue weighted by molar-refractivity contribution is -0.224. The van der Waals surface area contributed by atoms with Gasteiger partial charge in [-0.05, 0) is 67.5 Å². The molecular weight excluding hydrogens is 424 g/mol. The summed E-state index contributed by atoms with van der Waals surface area (Å²) in [5, 5.41) is 46.3. The van der Waals surface area contributed by atoms with Gasteiger partial charge in [0.2, 0.25) is 0 Å². The normalized spacial score (nSPS) is 52.1. The van der Waals surface area contributed by atoms with Crippen molar-refractivity contribution in [1.29, 1.82) is 0 Å². The van der Waals surface area contributed by atoms with E-state index >= 15 is 0 Å². The molecule has 10 atom stereocenters. The first-order chi connectivity index (χ1) is 14.7. The van der Waals surface area contributed by atoms with E-state index < -0.39 is 43.2 Å². The highest BCUT2D eigenvalue weighted by molar-refractivity contribution is 6.73. The van der Waals surface area contributed by atoms with Crippen molar-refractivity contribution in [1.82, 2.24) is 0 Å². The van der Waals surface area contributed by atoms with Crippen molar-refractivity contribution < 1.29 is 29.6 Å². The van der Waals surface area contributed by atoms with Crippen molar-refractivity contribution in [3.63, 3.8) is 0 Å². The molecule has 4 rings (SSSR count). The SMILES string of the molecule is CC[Si](CC)(CC)O[C@H]1C[C@@H]2C(=O)[C@@]3(C[C@](C)(O)[C@H](O)[C@@]3(O)[C@@H]1O)[C@H](C)C[C@@H]1[C@H]2C1(C)C. The lowest BCUT2D eigenvalue weighted by Gasteiger charge is -2.49. The van der Waals surface area contributed by atoms with Crippen LogP contribution in [0.4, 0.5) is 0 Å². The fourth-order valence-corrected chi connectivity index (χ4v) is 11.4. The van der Waals surface area contributed by atoms with Gasteiger partial charge in [0.15, 0.2) is 8.32 Å². The zero-order chi connectivity index (χ0) is 24.1. The van der Waals surface area contributed by atoms with Crippen LogP contribution in [0.15, 0.2) is 0 Å². The Kier molecular flexibility index (Phi) is 5.69. The number of ketones is 1. The van der Waals surface area contributed by atoms with Gasteiger partial charge in [-0.15, -0.1) is 0 Å². The number of carbonyl (C=O) groups is 1. The predicted molar refractivity (Wildman–Crippen MR) is 124 cm³/mol. The van der Waals surface area contributed by atoms with Crippen LogP contribution in [0, 0.1) is 34.5 Å². The summed E-state index contributed by atoms with van der Waals surface area (Å²) in [6.07, 6.45) is -2.68. The molecule has 1 spiro atoms. The lowest BCUT2D eigenvalue weighted by atomic mass is 9.59. The molecule has 0 aromatic heterocycles. The summed E-state index contributed by atoms with van der Waals surface area (Å²) in [6.45, 7) is 14.2. The number of hydrogen-bond donors (Lipinski definition) is 4. The van der Waals surface area contributed by atoms with Gasteiger partial charge in [0.05, 0.1) is 17.1 Å². The molecule has 0 heterocycles. The van der Waals surface area contributed by atoms with Crippen molar-refractivity contribution in [2.75, 3.05) is 0 Å². The van der Waals surface area contributed by atoms with Gasteiger partial charge in [0.25, 0.3) is 0 Å². The van der Waals surface area contributed by atoms with Crippen molar-refractivity contribution in [3.8, 4) is 0 Å². The van der Waals surface area contributed by atoms with Gasteiger partial charge in [0.1, 0.15) is 23.6 Å². The minimum absolute atomic E-state index is 0.0304. The molecule has 32 heavy (non-hydrogen) atoms. The highest BCUT2D eigenvalue weighted by Gasteiger charge is 2.80. The van der Waals surface area contributed by atoms with Crippen molar-refractivity contribution >= 4 is 14.1 Å². The number of Topliss-reactive ketones (excluding diaryl/α,β-unsaturated/α-hetero) is 1. The Morgan fingerprint density at radius 2 is 1.59 bits per heavy atom. The first kappa shape index (κ1) is 24.8. The average molecular weight is 469 g/mol. The fourth-order valence-electron chi connectivity index (χ4n) is 8.50. The van der Waals surface area contributed by atoms with Crippen LogP contribution in [-0.4, -0.2) is 64.0 Å². The molecule has 0 radical (unpaired) electrons. The van der Waals surface area contributed by atoms with E-state index in [1.807, 2.05) is 6.92 Å². The molecule has 4 aliphatic carbocycles. The van der Waals surface area contributed by atoms with Crippen LogP contribution in [0.25, 0.3) is 0 Å². The number of aliphatic hydroxyl groups excluding tert-OH is 2. The van der Waals surface area contributed by atoms with Crippen LogP contribution in [0.2, 0.25) is 18.1 Å². The van der Waals surface area contributed by atoms with Gasteiger partial charge in [-0.25, -0.2) is 0 Å². The van der Waals surface area contributed by atoms with E-state index in [0.717, 1.165) is 24.6 Å². The van der Waals surface area contributed by atoms with Crippen molar-refractivity contribution in [2.45, 2.75) is 115 Å². The third-order valence-electron chi connectivity index (χ3n) is 10.8. The van der Waals surface area contributed by atoms with E-state index in [-0.39, 0.29) is 35.4 Å². The Hall–Kier alpha value is -0.313. The van der Waals surface area contributed by atoms with Crippen molar-refractivity contribution in [3.05, 3.63) is 0 Å². The number of hydrogen-bond acceptors (Lipinski definition) is 6. The van der Waals surface area contributed by atoms with Gasteiger partial charge in [-0.1, -0.05) is 41.5 Å². The number of carbonyl (C=O) groups excluding carboxylic acids is 1. The molecule has 0 aliphatic heterocycles. The lowest BCUT2D eigenvalue weighted by Crippen LogP contribution is -2.67. The maximum absolute atomic E-state index is 14.4. The van der Waals surface area contributed by atoms with Gasteiger partial charge in [-0.2, -0.15) is 0 Å². The van der Waals surface area contributed by atoms with Crippen LogP contribution in [-0.2, 0) is 9.22 Å². The fraction of sp³-hybridized carbons (Fsp3) is 0.960. The van der Waals surface area contributed by atoms with E-state index in [1.54, 1.807) is 0 Å². The zero-order valence-corrected chi connectivity index (χ0v) is 21.9. The van der Waals surface area contributed by atoms with Crippen LogP contribution in [0.1, 0.15) is 67.7 Å². The average Bonchev–Trinajstić information content (AvgIpc) is 3.26. The molecule has 0 aromatic carbocycles. The Labute approximate surface area is 193 Å². The van der Waals surface area contributed by atoms with Crippen molar-refractivity contribution in [2.24, 2.45) is 34.5 Å². The standard InChI is InChI=1S/C25H44O6Si/c1-8-32(9-2,10-3)31-17-12-15-18-16(22(18,5)6)11-14(4)24(19(15)26)13-23(7,29)21(28)25(24,30)20(17)27/h14-18,20-21,27-30H,8-13H2,1-7H3/t14-,15+,16-,17+,18+,20-,21+,23+,24-,25+/m1/s1. The molecule has 2 bridgehead atoms. The van der Waals surface area contributed by atoms with Crippen LogP contribution < -0.4 is 0 Å². The Balaban J connectivity index is 1.89. The molecule has 4 N–H and O–H groups in total. The predicted octanol–water partition coefficient (Wildman–Crippen LogP) is 2.87. The van der Waals surface area contributed by atoms with E-state index in [9.17, 15) is 25.2 Å². The highest BCUT2D eigenvalue weighted by Crippen LogP contribution is 2.73. The van der Waals surface area contributed by atoms with Gasteiger partial charge in [-0.3, -0.25) is 4.79 Å². The minimum Gasteiger partial charge on any atom is -0.411 e. The zero-order valence-electron chi connectivity index (χ0n) is 20.9. The second-order valence-corrected chi connectivity index (χ2v) is 17.1. The summed E-state index contributed by atoms with van der Waals surface area (Å²) in [5.74, 6) is -0.140. The Morgan fingerprint density at radius 1 is 1.03 bits per heavy atom. The van der Waals surface area contributed by atoms with E-state index in [4.69, 9.17) is 4.43 Å². The molecule has 184 valence electrons. The van der Waals surface area contributed by atoms with E-state index in [0.29, 0.717) is 12.3 Å². The third kappa shape index (κ3) is 2.84. The molecule has 0 unspecified atom stereocenters. The van der Waals surface area contributed by atoms with Crippen LogP contribution >= 0.6 is 0 Å². The summed E-state index contributed by atoms with van der Waals surface area (Å²) in [4.78, 5) is 14.4. The molecule has 6 nitrogen and oxygen atoms in total. The quantitative estimate of drug-likeness (QED) is 0.462. The molecule has 0 saturated heterocycles. The highest BCUT2D eigenvalue weighted by atomic mass is 28.4. The first-order valence-electron chi connectivity index (χ1n) is 12.7. The molecule has 0 aromatic rings. The summed E-state index contributed by atoms with van der Waals surface area (Å²) in [5.41, 5.74) is -5.15. The molecule has 4 aliphatic rings. The second-order valence-electron chi connectivity index (χ2n) is 12.4. The third-order valence-corrected chi connectivity index (χ3v) is 15.4. The van der Waals surface area contributed by atoms with Gasteiger partial charge < -0.3 is 24.9 Å². The number of fused-ring (bicyclic) bond motifs is 3. The van der Waals surface area contributed by atoms with Crippen LogP contribution in [0.3, 0.4) is 0 Å². The topological polar surface area (TPSA) is 107 Å². The molecule has 7 heteroatoms. The first-order valence-corrected chi connectivity index (χ1v) is 15.3. The number of rotatable bonds is 5. The summed E-state index contributed by atoms with van der Waals surface area (Å²) >= 11 is 0. The smallest absolute Gasteiger partial charge is 0.192 e. The molecule has 0 amide bonds. The van der Waals surface area contributed by atoms with E-state index in [1.165, 1.54) is 6.92 Å². The molecule has 4 fully saturated rings. The monoisotopic (exact) mass is 468 g/mol. The Bertz CT molecular complexity index is 770. The summed E-state index contributed by atoms with van der Waals surface area (Å²) in [7, 11) is -2.17. The van der Waals surface area contributed by atoms with Gasteiger partial charge >= 0.3 is 0 Å². The minimum atomic E-state index is -2.17. The second kappa shape index (κ2) is 7.34. The maximum Gasteiger partial charge on any atom is 0.192 e. The summed E-state index contributed by atoms with van der Waals surface area (Å²) < 4.78 is 6.76. The molecule has 4 saturated carbocycles. The Morgan fingerprint density at radius 3 is 2.12 bits per heavy atom. The molecular formula is C25H44O6Si. The largest absolute Gasteiger partial charge is 0.411 e. The number of aliphatic hydroxyl groups is 4. The van der Waals surface area contributed by atoms with Crippen LogP contribution in [0.5, 0.6) is 0 Å². The van der Waals surface area contributed by atoms with Gasteiger partial charge in [0, 0.05) is 5.92 Å².